The van der Waals surface area contributed by atoms with Crippen LogP contribution < -0.4 is 26.7 Å². The molecule has 0 aliphatic carbocycles. The van der Waals surface area contributed by atoms with Crippen LogP contribution in [0.1, 0.15) is 47.3 Å². The number of amides is 3. The van der Waals surface area contributed by atoms with Crippen molar-refractivity contribution in [3.8, 4) is 5.75 Å². The third-order valence-corrected chi connectivity index (χ3v) is 6.22. The first-order valence-electron chi connectivity index (χ1n) is 12.8. The molecule has 212 valence electrons. The lowest BCUT2D eigenvalue weighted by Crippen LogP contribution is -2.25. The van der Waals surface area contributed by atoms with Crippen LogP contribution in [-0.4, -0.2) is 34.6 Å². The number of halogens is 2. The number of H-pyrrole nitrogens is 1. The van der Waals surface area contributed by atoms with Crippen molar-refractivity contribution in [2.24, 2.45) is 5.73 Å². The lowest BCUT2D eigenvalue weighted by Gasteiger charge is -2.11. The largest absolute Gasteiger partial charge is 0.410 e. The van der Waals surface area contributed by atoms with E-state index in [1.54, 1.807) is 30.3 Å². The molecule has 0 aliphatic heterocycles. The second-order valence-electron chi connectivity index (χ2n) is 9.21. The SMILES string of the molecule is NC(=O)Oc1cc(F)ccc1NC(=O)CCCCCNC(=O)c1cc(Cc2n[nH]c(=O)c3ccccc23)ccc1F. The number of aromatic nitrogens is 2. The molecule has 10 nitrogen and oxygen atoms in total. The molecule has 3 aromatic carbocycles. The minimum Gasteiger partial charge on any atom is -0.408 e. The van der Waals surface area contributed by atoms with E-state index in [-0.39, 0.29) is 47.9 Å². The van der Waals surface area contributed by atoms with Crippen molar-refractivity contribution >= 4 is 34.4 Å². The smallest absolute Gasteiger partial charge is 0.408 e. The highest BCUT2D eigenvalue weighted by Gasteiger charge is 2.15. The molecule has 41 heavy (non-hydrogen) atoms. The van der Waals surface area contributed by atoms with E-state index in [0.29, 0.717) is 41.3 Å². The predicted octanol–water partition coefficient (Wildman–Crippen LogP) is 4.18. The van der Waals surface area contributed by atoms with Crippen LogP contribution >= 0.6 is 0 Å². The van der Waals surface area contributed by atoms with Gasteiger partial charge < -0.3 is 21.1 Å². The number of hydrogen-bond donors (Lipinski definition) is 4. The highest BCUT2D eigenvalue weighted by atomic mass is 19.1. The normalized spacial score (nSPS) is 10.8. The van der Waals surface area contributed by atoms with E-state index in [2.05, 4.69) is 20.8 Å². The van der Waals surface area contributed by atoms with Crippen molar-refractivity contribution in [3.63, 3.8) is 0 Å². The second kappa shape index (κ2) is 13.3. The molecular formula is C29H27F2N5O5. The summed E-state index contributed by atoms with van der Waals surface area (Å²) in [6.07, 6.45) is 0.896. The van der Waals surface area contributed by atoms with E-state index in [1.807, 2.05) is 0 Å². The van der Waals surface area contributed by atoms with Crippen LogP contribution in [0.4, 0.5) is 19.3 Å². The molecule has 0 unspecified atom stereocenters. The maximum Gasteiger partial charge on any atom is 0.410 e. The Hall–Kier alpha value is -5.13. The fourth-order valence-corrected chi connectivity index (χ4v) is 4.25. The van der Waals surface area contributed by atoms with Gasteiger partial charge in [0.05, 0.1) is 22.3 Å². The zero-order valence-electron chi connectivity index (χ0n) is 21.8. The molecule has 0 bridgehead atoms. The standard InChI is InChI=1S/C29H27F2N5O5/c30-18-10-12-23(25(16-18)41-29(32)40)34-26(37)8-2-1-5-13-33-27(38)21-14-17(9-11-22(21)31)15-24-19-6-3-4-7-20(19)28(39)36-35-24/h3-4,6-7,9-12,14,16H,1-2,5,8,13,15H2,(H2,32,40)(H,33,38)(H,34,37)(H,36,39). The van der Waals surface area contributed by atoms with Gasteiger partial charge in [-0.3, -0.25) is 14.4 Å². The highest BCUT2D eigenvalue weighted by Crippen LogP contribution is 2.26. The van der Waals surface area contributed by atoms with Crippen LogP contribution in [0.5, 0.6) is 5.75 Å². The summed E-state index contributed by atoms with van der Waals surface area (Å²) >= 11 is 0. The van der Waals surface area contributed by atoms with Gasteiger partial charge in [-0.15, -0.1) is 0 Å². The van der Waals surface area contributed by atoms with E-state index < -0.39 is 23.6 Å². The molecule has 0 spiro atoms. The third kappa shape index (κ3) is 7.72. The highest BCUT2D eigenvalue weighted by molar-refractivity contribution is 5.95. The van der Waals surface area contributed by atoms with Gasteiger partial charge >= 0.3 is 6.09 Å². The third-order valence-electron chi connectivity index (χ3n) is 6.22. The van der Waals surface area contributed by atoms with Crippen LogP contribution in [0, 0.1) is 11.6 Å². The van der Waals surface area contributed by atoms with Crippen molar-refractivity contribution in [3.05, 3.63) is 99.5 Å². The summed E-state index contributed by atoms with van der Waals surface area (Å²) in [6.45, 7) is 0.269. The monoisotopic (exact) mass is 563 g/mol. The quantitative estimate of drug-likeness (QED) is 0.201. The first-order chi connectivity index (χ1) is 19.7. The van der Waals surface area contributed by atoms with Gasteiger partial charge in [0.15, 0.2) is 5.75 Å². The first kappa shape index (κ1) is 28.9. The Morgan fingerprint density at radius 1 is 0.951 bits per heavy atom. The molecule has 12 heteroatoms. The van der Waals surface area contributed by atoms with Gasteiger partial charge in [0, 0.05) is 30.8 Å². The Kier molecular flexibility index (Phi) is 9.35. The number of rotatable bonds is 11. The molecule has 3 amide bonds. The minimum absolute atomic E-state index is 0.108. The lowest BCUT2D eigenvalue weighted by atomic mass is 10.0. The van der Waals surface area contributed by atoms with Crippen molar-refractivity contribution < 1.29 is 27.9 Å². The average molecular weight is 564 g/mol. The number of aromatic amines is 1. The van der Waals surface area contributed by atoms with Gasteiger partial charge in [0.25, 0.3) is 11.5 Å². The van der Waals surface area contributed by atoms with Crippen LogP contribution in [0.2, 0.25) is 0 Å². The number of hydrogen-bond acceptors (Lipinski definition) is 6. The van der Waals surface area contributed by atoms with Crippen molar-refractivity contribution in [1.82, 2.24) is 15.5 Å². The Balaban J connectivity index is 1.25. The average Bonchev–Trinajstić information content (AvgIpc) is 2.94. The molecule has 4 rings (SSSR count). The first-order valence-corrected chi connectivity index (χ1v) is 12.8. The fraction of sp³-hybridized carbons (Fsp3) is 0.207. The van der Waals surface area contributed by atoms with E-state index >= 15 is 0 Å². The maximum atomic E-state index is 14.5. The number of nitrogens with two attached hydrogens (primary N) is 1. The maximum absolute atomic E-state index is 14.5. The summed E-state index contributed by atoms with van der Waals surface area (Å²) in [5.74, 6) is -2.47. The number of ether oxygens (including phenoxy) is 1. The van der Waals surface area contributed by atoms with E-state index in [1.165, 1.54) is 18.2 Å². The van der Waals surface area contributed by atoms with E-state index in [0.717, 1.165) is 12.1 Å². The molecule has 0 saturated heterocycles. The minimum atomic E-state index is -1.14. The number of primary amides is 1. The molecule has 0 aliphatic rings. The van der Waals surface area contributed by atoms with Gasteiger partial charge in [-0.25, -0.2) is 18.7 Å². The Morgan fingerprint density at radius 3 is 2.51 bits per heavy atom. The van der Waals surface area contributed by atoms with Gasteiger partial charge in [-0.05, 0) is 48.7 Å². The molecular weight excluding hydrogens is 536 g/mol. The fourth-order valence-electron chi connectivity index (χ4n) is 4.25. The zero-order valence-corrected chi connectivity index (χ0v) is 21.8. The van der Waals surface area contributed by atoms with E-state index in [4.69, 9.17) is 10.5 Å². The zero-order chi connectivity index (χ0) is 29.4. The number of nitrogens with one attached hydrogen (secondary N) is 3. The van der Waals surface area contributed by atoms with Crippen molar-refractivity contribution in [1.29, 1.82) is 0 Å². The molecule has 1 aromatic heterocycles. The molecule has 0 fully saturated rings. The number of carbonyl (C=O) groups excluding carboxylic acids is 3. The topological polar surface area (TPSA) is 156 Å². The van der Waals surface area contributed by atoms with Crippen LogP contribution in [0.3, 0.4) is 0 Å². The number of fused-ring (bicyclic) bond motifs is 1. The number of anilines is 1. The number of benzene rings is 3. The Bertz CT molecular complexity index is 1660. The number of carbonyl (C=O) groups is 3. The Morgan fingerprint density at radius 2 is 1.73 bits per heavy atom. The summed E-state index contributed by atoms with van der Waals surface area (Å²) in [4.78, 5) is 47.9. The second-order valence-corrected chi connectivity index (χ2v) is 9.21. The molecule has 0 saturated carbocycles. The number of nitrogens with zero attached hydrogens (tertiary/aromatic N) is 1. The van der Waals surface area contributed by atoms with Crippen LogP contribution in [0.25, 0.3) is 10.8 Å². The lowest BCUT2D eigenvalue weighted by molar-refractivity contribution is -0.116. The summed E-state index contributed by atoms with van der Waals surface area (Å²) in [6, 6.07) is 14.6. The van der Waals surface area contributed by atoms with Crippen LogP contribution in [-0.2, 0) is 11.2 Å². The van der Waals surface area contributed by atoms with Gasteiger partial charge in [-0.2, -0.15) is 5.10 Å². The van der Waals surface area contributed by atoms with Gasteiger partial charge in [0.1, 0.15) is 11.6 Å². The predicted molar refractivity (Wildman–Crippen MR) is 148 cm³/mol. The molecule has 1 heterocycles. The van der Waals surface area contributed by atoms with Gasteiger partial charge in [0.2, 0.25) is 5.91 Å². The van der Waals surface area contributed by atoms with E-state index in [9.17, 15) is 28.0 Å². The summed E-state index contributed by atoms with van der Waals surface area (Å²) < 4.78 is 32.6. The summed E-state index contributed by atoms with van der Waals surface area (Å²) in [5.41, 5.74) is 5.91. The summed E-state index contributed by atoms with van der Waals surface area (Å²) in [5, 5.41) is 13.0. The molecule has 4 aromatic rings. The van der Waals surface area contributed by atoms with Crippen molar-refractivity contribution in [2.45, 2.75) is 32.1 Å². The molecule has 0 radical (unpaired) electrons. The number of unbranched alkanes of at least 4 members (excludes halogenated alkanes) is 2. The van der Waals surface area contributed by atoms with Crippen LogP contribution in [0.15, 0.2) is 65.5 Å². The van der Waals surface area contributed by atoms with Gasteiger partial charge in [-0.1, -0.05) is 30.7 Å². The molecule has 0 atom stereocenters. The van der Waals surface area contributed by atoms with Crippen molar-refractivity contribution in [2.75, 3.05) is 11.9 Å². The molecule has 5 N–H and O–H groups in total. The Labute approximate surface area is 232 Å². The summed E-state index contributed by atoms with van der Waals surface area (Å²) in [7, 11) is 0.